The summed E-state index contributed by atoms with van der Waals surface area (Å²) in [7, 11) is 0. The number of hydrogen-bond donors (Lipinski definition) is 1. The summed E-state index contributed by atoms with van der Waals surface area (Å²) in [6.07, 6.45) is 1.17. The molecule has 1 heterocycles. The third-order valence-corrected chi connectivity index (χ3v) is 4.52. The minimum Gasteiger partial charge on any atom is -0.508 e. The van der Waals surface area contributed by atoms with Crippen LogP contribution >= 0.6 is 0 Å². The summed E-state index contributed by atoms with van der Waals surface area (Å²) in [6, 6.07) is 7.78. The van der Waals surface area contributed by atoms with Gasteiger partial charge in [0.05, 0.1) is 0 Å². The molecule has 1 aromatic carbocycles. The molecule has 1 fully saturated rings. The van der Waals surface area contributed by atoms with Crippen LogP contribution in [0.25, 0.3) is 0 Å². The molecule has 2 atom stereocenters. The van der Waals surface area contributed by atoms with Crippen molar-refractivity contribution < 1.29 is 5.11 Å². The Morgan fingerprint density at radius 2 is 2.24 bits per heavy atom. The molecule has 2 rings (SSSR count). The minimum absolute atomic E-state index is 0.199. The maximum atomic E-state index is 9.63. The van der Waals surface area contributed by atoms with Gasteiger partial charge in [-0.1, -0.05) is 32.9 Å². The minimum atomic E-state index is 0.199. The first-order chi connectivity index (χ1) is 8.06. The molecule has 1 N–H and O–H groups in total. The summed E-state index contributed by atoms with van der Waals surface area (Å²) in [4.78, 5) is 2.51. The molecule has 0 bridgehead atoms. The second-order valence-electron chi connectivity index (χ2n) is 5.51. The van der Waals surface area contributed by atoms with Crippen molar-refractivity contribution in [1.29, 1.82) is 0 Å². The summed E-state index contributed by atoms with van der Waals surface area (Å²) in [5.74, 6) is 1.01. The van der Waals surface area contributed by atoms with E-state index in [4.69, 9.17) is 0 Å². The van der Waals surface area contributed by atoms with Crippen LogP contribution < -0.4 is 0 Å². The van der Waals surface area contributed by atoms with Crippen molar-refractivity contribution in [1.82, 2.24) is 4.90 Å². The summed E-state index contributed by atoms with van der Waals surface area (Å²) in [5, 5.41) is 9.63. The van der Waals surface area contributed by atoms with Crippen LogP contribution in [0, 0.1) is 5.92 Å². The molecule has 0 saturated carbocycles. The summed E-state index contributed by atoms with van der Waals surface area (Å²) < 4.78 is 0. The number of nitrogens with zero attached hydrogens (tertiary/aromatic N) is 1. The molecule has 0 aromatic heterocycles. The molecule has 94 valence electrons. The van der Waals surface area contributed by atoms with E-state index in [-0.39, 0.29) is 5.41 Å². The standard InChI is InChI=1S/C15H23NO/c1-4-16-9-8-15(3,12(2)11-16)13-6-5-7-14(17)10-13/h5-7,10,12,17H,4,8-9,11H2,1-3H3/t12-,15+/m1/s1. The normalized spacial score (nSPS) is 30.4. The average molecular weight is 233 g/mol. The van der Waals surface area contributed by atoms with Crippen molar-refractivity contribution in [3.63, 3.8) is 0 Å². The van der Waals surface area contributed by atoms with Crippen LogP contribution in [0.5, 0.6) is 5.75 Å². The van der Waals surface area contributed by atoms with E-state index in [1.54, 1.807) is 6.07 Å². The Morgan fingerprint density at radius 1 is 1.47 bits per heavy atom. The highest BCUT2D eigenvalue weighted by Crippen LogP contribution is 2.40. The Hall–Kier alpha value is -1.02. The number of aromatic hydroxyl groups is 1. The molecule has 2 nitrogen and oxygen atoms in total. The lowest BCUT2D eigenvalue weighted by molar-refractivity contribution is 0.116. The molecule has 17 heavy (non-hydrogen) atoms. The fraction of sp³-hybridized carbons (Fsp3) is 0.600. The lowest BCUT2D eigenvalue weighted by Gasteiger charge is -2.45. The largest absolute Gasteiger partial charge is 0.508 e. The predicted molar refractivity (Wildman–Crippen MR) is 71.4 cm³/mol. The third-order valence-electron chi connectivity index (χ3n) is 4.52. The number of phenolic OH excluding ortho intramolecular Hbond substituents is 1. The molecule has 2 heteroatoms. The number of piperidine rings is 1. The second-order valence-corrected chi connectivity index (χ2v) is 5.51. The van der Waals surface area contributed by atoms with Crippen LogP contribution in [0.2, 0.25) is 0 Å². The SMILES string of the molecule is CCN1CC[C@](C)(c2cccc(O)c2)[C@H](C)C1. The maximum Gasteiger partial charge on any atom is 0.115 e. The van der Waals surface area contributed by atoms with E-state index >= 15 is 0 Å². The van der Waals surface area contributed by atoms with Crippen molar-refractivity contribution in [2.24, 2.45) is 5.92 Å². The number of phenols is 1. The molecule has 0 aliphatic carbocycles. The van der Waals surface area contributed by atoms with Gasteiger partial charge >= 0.3 is 0 Å². The zero-order valence-electron chi connectivity index (χ0n) is 11.1. The van der Waals surface area contributed by atoms with E-state index in [2.05, 4.69) is 31.7 Å². The van der Waals surface area contributed by atoms with Gasteiger partial charge in [0.15, 0.2) is 0 Å². The summed E-state index contributed by atoms with van der Waals surface area (Å²) >= 11 is 0. The van der Waals surface area contributed by atoms with E-state index in [9.17, 15) is 5.11 Å². The third kappa shape index (κ3) is 2.32. The van der Waals surface area contributed by atoms with Crippen molar-refractivity contribution >= 4 is 0 Å². The van der Waals surface area contributed by atoms with Crippen LogP contribution in [-0.4, -0.2) is 29.6 Å². The fourth-order valence-corrected chi connectivity index (χ4v) is 2.89. The molecule has 1 aliphatic rings. The molecule has 1 aromatic rings. The van der Waals surface area contributed by atoms with Crippen LogP contribution in [0.3, 0.4) is 0 Å². The first kappa shape index (κ1) is 12.4. The molecular formula is C15H23NO. The molecular weight excluding hydrogens is 210 g/mol. The quantitative estimate of drug-likeness (QED) is 0.848. The molecule has 0 unspecified atom stereocenters. The van der Waals surface area contributed by atoms with Gasteiger partial charge in [0.2, 0.25) is 0 Å². The van der Waals surface area contributed by atoms with Gasteiger partial charge in [-0.3, -0.25) is 0 Å². The highest BCUT2D eigenvalue weighted by atomic mass is 16.3. The van der Waals surface area contributed by atoms with Gasteiger partial charge in [-0.25, -0.2) is 0 Å². The zero-order chi connectivity index (χ0) is 12.5. The fourth-order valence-electron chi connectivity index (χ4n) is 2.89. The summed E-state index contributed by atoms with van der Waals surface area (Å²) in [5.41, 5.74) is 1.48. The van der Waals surface area contributed by atoms with E-state index in [0.29, 0.717) is 11.7 Å². The highest BCUT2D eigenvalue weighted by Gasteiger charge is 2.37. The van der Waals surface area contributed by atoms with Crippen molar-refractivity contribution in [3.05, 3.63) is 29.8 Å². The van der Waals surface area contributed by atoms with Gasteiger partial charge in [0, 0.05) is 6.54 Å². The number of benzene rings is 1. The van der Waals surface area contributed by atoms with E-state index in [1.807, 2.05) is 12.1 Å². The predicted octanol–water partition coefficient (Wildman–Crippen LogP) is 3.01. The Balaban J connectivity index is 2.25. The van der Waals surface area contributed by atoms with Gasteiger partial charge in [0.1, 0.15) is 5.75 Å². The van der Waals surface area contributed by atoms with Crippen LogP contribution in [0.15, 0.2) is 24.3 Å². The van der Waals surface area contributed by atoms with Crippen molar-refractivity contribution in [2.45, 2.75) is 32.6 Å². The highest BCUT2D eigenvalue weighted by molar-refractivity contribution is 5.33. The van der Waals surface area contributed by atoms with Gasteiger partial charge < -0.3 is 10.0 Å². The Kier molecular flexibility index (Phi) is 3.43. The van der Waals surface area contributed by atoms with Crippen LogP contribution in [-0.2, 0) is 5.41 Å². The monoisotopic (exact) mass is 233 g/mol. The van der Waals surface area contributed by atoms with Gasteiger partial charge in [-0.15, -0.1) is 0 Å². The molecule has 0 radical (unpaired) electrons. The number of rotatable bonds is 2. The van der Waals surface area contributed by atoms with Crippen LogP contribution in [0.1, 0.15) is 32.8 Å². The molecule has 0 spiro atoms. The average Bonchev–Trinajstić information content (AvgIpc) is 2.33. The van der Waals surface area contributed by atoms with E-state index in [1.165, 1.54) is 12.0 Å². The van der Waals surface area contributed by atoms with Crippen molar-refractivity contribution in [3.8, 4) is 5.75 Å². The first-order valence-electron chi connectivity index (χ1n) is 6.58. The van der Waals surface area contributed by atoms with Gasteiger partial charge in [-0.2, -0.15) is 0 Å². The van der Waals surface area contributed by atoms with Gasteiger partial charge in [0.25, 0.3) is 0 Å². The number of hydrogen-bond acceptors (Lipinski definition) is 2. The topological polar surface area (TPSA) is 23.5 Å². The Labute approximate surface area is 104 Å². The Morgan fingerprint density at radius 3 is 2.82 bits per heavy atom. The van der Waals surface area contributed by atoms with E-state index in [0.717, 1.165) is 19.6 Å². The molecule has 0 amide bonds. The van der Waals surface area contributed by atoms with Gasteiger partial charge in [-0.05, 0) is 48.5 Å². The lowest BCUT2D eigenvalue weighted by Crippen LogP contribution is -2.47. The molecule has 1 aliphatic heterocycles. The number of likely N-dealkylation sites (tertiary alicyclic amines) is 1. The van der Waals surface area contributed by atoms with E-state index < -0.39 is 0 Å². The maximum absolute atomic E-state index is 9.63. The van der Waals surface area contributed by atoms with Crippen molar-refractivity contribution in [2.75, 3.05) is 19.6 Å². The Bertz CT molecular complexity index is 390. The summed E-state index contributed by atoms with van der Waals surface area (Å²) in [6.45, 7) is 10.3. The lowest BCUT2D eigenvalue weighted by atomic mass is 9.68. The zero-order valence-corrected chi connectivity index (χ0v) is 11.1. The first-order valence-corrected chi connectivity index (χ1v) is 6.58. The smallest absolute Gasteiger partial charge is 0.115 e. The molecule has 1 saturated heterocycles. The van der Waals surface area contributed by atoms with Crippen LogP contribution in [0.4, 0.5) is 0 Å². The second kappa shape index (κ2) is 4.69.